The number of nitrogens with zero attached hydrogens (tertiary/aromatic N) is 3. The molecule has 2 aliphatic carbocycles. The number of benzene rings is 2. The van der Waals surface area contributed by atoms with E-state index >= 15 is 0 Å². The number of rotatable bonds is 3. The minimum absolute atomic E-state index is 0.0443. The fourth-order valence-corrected chi connectivity index (χ4v) is 6.73. The predicted octanol–water partition coefficient (Wildman–Crippen LogP) is 3.75. The van der Waals surface area contributed by atoms with Crippen molar-refractivity contribution >= 4 is 29.0 Å². The van der Waals surface area contributed by atoms with Crippen LogP contribution in [0, 0.1) is 45.3 Å². The molecule has 2 bridgehead atoms. The van der Waals surface area contributed by atoms with Crippen LogP contribution in [0.2, 0.25) is 0 Å². The number of carbonyl (C=O) groups excluding carboxylic acids is 3. The van der Waals surface area contributed by atoms with Gasteiger partial charge in [-0.2, -0.15) is 23.7 Å². The zero-order valence-electron chi connectivity index (χ0n) is 19.6. The first-order valence-corrected chi connectivity index (χ1v) is 11.4. The molecular formula is C27H19F3N4O3. The molecule has 2 aromatic carbocycles. The zero-order valence-corrected chi connectivity index (χ0v) is 19.6. The highest BCUT2D eigenvalue weighted by atomic mass is 19.4. The van der Waals surface area contributed by atoms with Gasteiger partial charge in [0.15, 0.2) is 0 Å². The predicted molar refractivity (Wildman–Crippen MR) is 124 cm³/mol. The zero-order chi connectivity index (χ0) is 27.0. The lowest BCUT2D eigenvalue weighted by Gasteiger charge is -2.44. The van der Waals surface area contributed by atoms with Crippen LogP contribution in [-0.4, -0.2) is 29.4 Å². The first kappa shape index (κ1) is 24.3. The van der Waals surface area contributed by atoms with E-state index in [2.05, 4.69) is 6.07 Å². The average molecular weight is 504 g/mol. The summed E-state index contributed by atoms with van der Waals surface area (Å²) in [5, 5.41) is 23.0. The number of nitrogens with one attached hydrogen (secondary N) is 1. The van der Waals surface area contributed by atoms with E-state index in [0.717, 1.165) is 4.90 Å². The van der Waals surface area contributed by atoms with Crippen LogP contribution in [0.5, 0.6) is 0 Å². The lowest BCUT2D eigenvalue weighted by atomic mass is 9.63. The Bertz CT molecular complexity index is 1470. The Kier molecular flexibility index (Phi) is 4.94. The first-order valence-electron chi connectivity index (χ1n) is 11.4. The normalized spacial score (nSPS) is 32.2. The molecule has 1 saturated carbocycles. The molecule has 37 heavy (non-hydrogen) atoms. The maximum absolute atomic E-state index is 13.9. The number of para-hydroxylation sites is 1. The van der Waals surface area contributed by atoms with E-state index in [1.54, 1.807) is 48.5 Å². The Balaban J connectivity index is 1.84. The van der Waals surface area contributed by atoms with E-state index in [-0.39, 0.29) is 16.8 Å². The van der Waals surface area contributed by atoms with Gasteiger partial charge in [0.1, 0.15) is 5.41 Å². The van der Waals surface area contributed by atoms with Gasteiger partial charge in [-0.25, -0.2) is 4.90 Å². The first-order chi connectivity index (χ1) is 17.4. The third-order valence-electron chi connectivity index (χ3n) is 8.37. The minimum Gasteiger partial charge on any atom is -0.340 e. The molecule has 186 valence electrons. The van der Waals surface area contributed by atoms with Crippen LogP contribution in [0.3, 0.4) is 0 Å². The second kappa shape index (κ2) is 7.53. The number of carbonyl (C=O) groups is 3. The van der Waals surface area contributed by atoms with Crippen LogP contribution >= 0.6 is 0 Å². The molecule has 5 atom stereocenters. The van der Waals surface area contributed by atoms with Crippen LogP contribution in [-0.2, 0) is 14.4 Å². The summed E-state index contributed by atoms with van der Waals surface area (Å²) in [5.74, 6) is -6.65. The lowest BCUT2D eigenvalue weighted by molar-refractivity contribution is -0.177. The van der Waals surface area contributed by atoms with Gasteiger partial charge in [-0.1, -0.05) is 55.5 Å². The Hall–Kier alpha value is -4.44. The summed E-state index contributed by atoms with van der Waals surface area (Å²) in [4.78, 5) is 41.1. The van der Waals surface area contributed by atoms with Crippen molar-refractivity contribution in [3.8, 4) is 12.1 Å². The summed E-state index contributed by atoms with van der Waals surface area (Å²) in [7, 11) is 0. The lowest BCUT2D eigenvalue weighted by Crippen LogP contribution is -2.64. The molecule has 1 aliphatic heterocycles. The molecule has 1 N–H and O–H groups in total. The van der Waals surface area contributed by atoms with Crippen LogP contribution in [0.25, 0.3) is 5.57 Å². The topological polar surface area (TPSA) is 114 Å². The van der Waals surface area contributed by atoms with E-state index < -0.39 is 52.1 Å². The smallest absolute Gasteiger partial charge is 0.340 e. The van der Waals surface area contributed by atoms with Gasteiger partial charge in [0.2, 0.25) is 11.8 Å². The number of amides is 3. The molecular weight excluding hydrogens is 485 g/mol. The van der Waals surface area contributed by atoms with Crippen molar-refractivity contribution in [3.63, 3.8) is 0 Å². The molecule has 3 amide bonds. The van der Waals surface area contributed by atoms with E-state index in [9.17, 15) is 38.1 Å². The summed E-state index contributed by atoms with van der Waals surface area (Å²) in [6.45, 7) is 2.60. The highest BCUT2D eigenvalue weighted by molar-refractivity contribution is 6.25. The van der Waals surface area contributed by atoms with Crippen molar-refractivity contribution in [2.75, 3.05) is 4.90 Å². The maximum atomic E-state index is 13.9. The van der Waals surface area contributed by atoms with Gasteiger partial charge in [-0.15, -0.1) is 0 Å². The third kappa shape index (κ3) is 2.67. The van der Waals surface area contributed by atoms with Crippen LogP contribution < -0.4 is 10.2 Å². The molecule has 10 heteroatoms. The number of nitriles is 2. The molecule has 7 nitrogen and oxygen atoms in total. The Morgan fingerprint density at radius 2 is 1.49 bits per heavy atom. The molecule has 2 aromatic rings. The van der Waals surface area contributed by atoms with Crippen LogP contribution in [0.15, 0.2) is 66.2 Å². The quantitative estimate of drug-likeness (QED) is 0.640. The van der Waals surface area contributed by atoms with Gasteiger partial charge >= 0.3 is 12.1 Å². The van der Waals surface area contributed by atoms with Crippen molar-refractivity contribution in [3.05, 3.63) is 71.8 Å². The van der Waals surface area contributed by atoms with Crippen molar-refractivity contribution in [2.45, 2.75) is 25.6 Å². The fraction of sp³-hybridized carbons (Fsp3) is 0.296. The van der Waals surface area contributed by atoms with Gasteiger partial charge in [0.25, 0.3) is 0 Å². The van der Waals surface area contributed by atoms with Crippen molar-refractivity contribution < 1.29 is 27.6 Å². The van der Waals surface area contributed by atoms with Gasteiger partial charge in [-0.05, 0) is 30.2 Å². The molecule has 1 heterocycles. The average Bonchev–Trinajstić information content (AvgIpc) is 3.30. The Morgan fingerprint density at radius 1 is 0.946 bits per heavy atom. The monoisotopic (exact) mass is 504 g/mol. The molecule has 2 fully saturated rings. The minimum atomic E-state index is -5.31. The number of hydrogen-bond acceptors (Lipinski definition) is 5. The summed E-state index contributed by atoms with van der Waals surface area (Å²) in [5.41, 5.74) is -5.58. The second-order valence-electron chi connectivity index (χ2n) is 9.73. The van der Waals surface area contributed by atoms with Crippen molar-refractivity contribution in [1.29, 1.82) is 10.5 Å². The molecule has 0 spiro atoms. The van der Waals surface area contributed by atoms with Gasteiger partial charge in [0, 0.05) is 11.0 Å². The van der Waals surface area contributed by atoms with Gasteiger partial charge < -0.3 is 5.32 Å². The second-order valence-corrected chi connectivity index (χ2v) is 9.73. The van der Waals surface area contributed by atoms with E-state index in [4.69, 9.17) is 0 Å². The molecule has 5 rings (SSSR count). The molecule has 1 saturated heterocycles. The molecule has 0 radical (unpaired) electrons. The third-order valence-corrected chi connectivity index (χ3v) is 8.37. The van der Waals surface area contributed by atoms with E-state index in [0.29, 0.717) is 5.56 Å². The number of hydrogen-bond donors (Lipinski definition) is 1. The SMILES string of the molecule is CC1(NC(=O)C(F)(F)F)[C@@]2(C#N)C(c3ccccc3)=C(C#N)[C@]1(C)[C@@H]1C(=O)N(c3ccccc3)C(=O)[C@@H]12. The fourth-order valence-electron chi connectivity index (χ4n) is 6.73. The van der Waals surface area contributed by atoms with Crippen molar-refractivity contribution in [2.24, 2.45) is 22.7 Å². The Labute approximate surface area is 209 Å². The number of alkyl halides is 3. The maximum Gasteiger partial charge on any atom is 0.471 e. The standard InChI is InChI=1S/C27H19F3N4O3/c1-24-17(13-31)18(15-9-5-3-6-10-15)26(14-32,25(24,2)33-23(37)27(28,29)30)20-19(24)21(35)34(22(20)36)16-11-7-4-8-12-16/h3-12,19-20H,1-2H3,(H,33,37)/t19-,20+,24+,25?,26-/m0/s1. The van der Waals surface area contributed by atoms with E-state index in [1.807, 2.05) is 11.4 Å². The molecule has 1 unspecified atom stereocenters. The largest absolute Gasteiger partial charge is 0.471 e. The highest BCUT2D eigenvalue weighted by Crippen LogP contribution is 2.77. The van der Waals surface area contributed by atoms with E-state index in [1.165, 1.54) is 26.0 Å². The summed E-state index contributed by atoms with van der Waals surface area (Å²) < 4.78 is 40.5. The summed E-state index contributed by atoms with van der Waals surface area (Å²) >= 11 is 0. The summed E-state index contributed by atoms with van der Waals surface area (Å²) in [6, 6.07) is 20.1. The van der Waals surface area contributed by atoms with Gasteiger partial charge in [-0.3, -0.25) is 14.4 Å². The number of imide groups is 1. The molecule has 3 aliphatic rings. The van der Waals surface area contributed by atoms with Crippen molar-refractivity contribution in [1.82, 2.24) is 5.32 Å². The van der Waals surface area contributed by atoms with Crippen LogP contribution in [0.4, 0.5) is 18.9 Å². The van der Waals surface area contributed by atoms with Gasteiger partial charge in [0.05, 0.1) is 35.2 Å². The Morgan fingerprint density at radius 3 is 2.00 bits per heavy atom. The number of halogens is 3. The number of anilines is 1. The molecule has 0 aromatic heterocycles. The highest BCUT2D eigenvalue weighted by Gasteiger charge is 2.86. The number of fused-ring (bicyclic) bond motifs is 5. The van der Waals surface area contributed by atoms with Crippen LogP contribution in [0.1, 0.15) is 19.4 Å². The summed E-state index contributed by atoms with van der Waals surface area (Å²) in [6.07, 6.45) is -5.31.